The Kier molecular flexibility index (Phi) is 4.21. The fourth-order valence-electron chi connectivity index (χ4n) is 3.26. The summed E-state index contributed by atoms with van der Waals surface area (Å²) in [6.07, 6.45) is 2.80. The van der Waals surface area contributed by atoms with Gasteiger partial charge in [0.1, 0.15) is 5.67 Å². The molecule has 4 nitrogen and oxygen atoms in total. The summed E-state index contributed by atoms with van der Waals surface area (Å²) in [6, 6.07) is 3.51. The third kappa shape index (κ3) is 3.59. The van der Waals surface area contributed by atoms with Gasteiger partial charge in [0.25, 0.3) is 0 Å². The summed E-state index contributed by atoms with van der Waals surface area (Å²) in [5, 5.41) is 9.25. The van der Waals surface area contributed by atoms with Gasteiger partial charge in [-0.2, -0.15) is 0 Å². The Balaban J connectivity index is 2.08. The Labute approximate surface area is 135 Å². The Hall–Kier alpha value is -1.78. The Morgan fingerprint density at radius 1 is 1.30 bits per heavy atom. The van der Waals surface area contributed by atoms with Crippen LogP contribution in [0.1, 0.15) is 56.6 Å². The molecule has 1 fully saturated rings. The van der Waals surface area contributed by atoms with Gasteiger partial charge in [-0.15, -0.1) is 0 Å². The summed E-state index contributed by atoms with van der Waals surface area (Å²) in [7, 11) is 0. The zero-order valence-electron chi connectivity index (χ0n) is 13.6. The van der Waals surface area contributed by atoms with Crippen LogP contribution in [0.5, 0.6) is 11.5 Å². The van der Waals surface area contributed by atoms with Gasteiger partial charge >= 0.3 is 5.97 Å². The molecule has 0 spiro atoms. The molecule has 1 aromatic rings. The van der Waals surface area contributed by atoms with Crippen LogP contribution in [0.15, 0.2) is 12.1 Å². The van der Waals surface area contributed by atoms with Gasteiger partial charge in [0.2, 0.25) is 0 Å². The Morgan fingerprint density at radius 3 is 2.43 bits per heavy atom. The molecule has 1 atom stereocenters. The monoisotopic (exact) mass is 322 g/mol. The number of carboxylic acid groups (broad SMARTS) is 1. The zero-order chi connectivity index (χ0) is 16.6. The van der Waals surface area contributed by atoms with Gasteiger partial charge in [0.15, 0.2) is 11.5 Å². The summed E-state index contributed by atoms with van der Waals surface area (Å²) in [4.78, 5) is 11.3. The van der Waals surface area contributed by atoms with Crippen LogP contribution in [-0.4, -0.2) is 24.3 Å². The van der Waals surface area contributed by atoms with Crippen molar-refractivity contribution in [3.63, 3.8) is 0 Å². The molecule has 1 N–H and O–H groups in total. The van der Waals surface area contributed by atoms with Gasteiger partial charge in [-0.05, 0) is 61.8 Å². The molecule has 3 rings (SSSR count). The molecular weight excluding hydrogens is 299 g/mol. The number of benzene rings is 1. The predicted octanol–water partition coefficient (Wildman–Crippen LogP) is 4.02. The van der Waals surface area contributed by atoms with Crippen molar-refractivity contribution < 1.29 is 23.8 Å². The highest BCUT2D eigenvalue weighted by atomic mass is 19.1. The van der Waals surface area contributed by atoms with E-state index in [9.17, 15) is 14.3 Å². The first-order valence-corrected chi connectivity index (χ1v) is 8.21. The van der Waals surface area contributed by atoms with Crippen LogP contribution in [-0.2, 0) is 10.5 Å². The third-order valence-electron chi connectivity index (χ3n) is 4.55. The quantitative estimate of drug-likeness (QED) is 0.889. The van der Waals surface area contributed by atoms with E-state index in [2.05, 4.69) is 0 Å². The normalized spacial score (nSPS) is 19.1. The molecule has 2 aliphatic rings. The topological polar surface area (TPSA) is 55.8 Å². The van der Waals surface area contributed by atoms with Crippen LogP contribution in [0.25, 0.3) is 0 Å². The SMILES string of the molecule is CC(C)(F)c1cc2c(cc1C(CC(=O)O)C1CC1)OCCCO2. The minimum Gasteiger partial charge on any atom is -0.490 e. The second-order valence-electron chi connectivity index (χ2n) is 6.95. The number of hydrogen-bond donors (Lipinski definition) is 1. The van der Waals surface area contributed by atoms with Gasteiger partial charge in [-0.3, -0.25) is 4.79 Å². The number of ether oxygens (including phenoxy) is 2. The Morgan fingerprint density at radius 2 is 1.91 bits per heavy atom. The number of carboxylic acids is 1. The minimum atomic E-state index is -1.56. The highest BCUT2D eigenvalue weighted by Crippen LogP contribution is 2.49. The lowest BCUT2D eigenvalue weighted by atomic mass is 9.82. The van der Waals surface area contributed by atoms with Crippen LogP contribution in [0.4, 0.5) is 4.39 Å². The third-order valence-corrected chi connectivity index (χ3v) is 4.55. The molecular formula is C18H23FO4. The maximum Gasteiger partial charge on any atom is 0.303 e. The lowest BCUT2D eigenvalue weighted by molar-refractivity contribution is -0.137. The molecule has 23 heavy (non-hydrogen) atoms. The molecule has 0 bridgehead atoms. The van der Waals surface area contributed by atoms with Crippen molar-refractivity contribution in [3.8, 4) is 11.5 Å². The number of aliphatic carboxylic acids is 1. The molecule has 126 valence electrons. The standard InChI is InChI=1S/C18H23FO4/c1-18(2,19)14-10-16-15(22-6-3-7-23-16)8-13(14)12(9-17(20)21)11-4-5-11/h8,10-12H,3-7,9H2,1-2H3,(H,20,21). The Bertz CT molecular complexity index is 602. The van der Waals surface area contributed by atoms with E-state index in [1.807, 2.05) is 6.07 Å². The van der Waals surface area contributed by atoms with Gasteiger partial charge < -0.3 is 14.6 Å². The first-order valence-electron chi connectivity index (χ1n) is 8.21. The molecule has 1 heterocycles. The van der Waals surface area contributed by atoms with E-state index in [0.29, 0.717) is 36.2 Å². The van der Waals surface area contributed by atoms with Crippen LogP contribution >= 0.6 is 0 Å². The van der Waals surface area contributed by atoms with Crippen molar-refractivity contribution >= 4 is 5.97 Å². The van der Waals surface area contributed by atoms with E-state index in [1.54, 1.807) is 6.07 Å². The van der Waals surface area contributed by atoms with Gasteiger partial charge in [-0.1, -0.05) is 0 Å². The van der Waals surface area contributed by atoms with E-state index in [4.69, 9.17) is 9.47 Å². The van der Waals surface area contributed by atoms with Gasteiger partial charge in [-0.25, -0.2) is 4.39 Å². The molecule has 0 aromatic heterocycles. The highest BCUT2D eigenvalue weighted by Gasteiger charge is 2.38. The lowest BCUT2D eigenvalue weighted by Gasteiger charge is -2.26. The first kappa shape index (κ1) is 16.1. The van der Waals surface area contributed by atoms with Crippen LogP contribution in [0, 0.1) is 5.92 Å². The molecule has 0 amide bonds. The molecule has 1 aliphatic carbocycles. The van der Waals surface area contributed by atoms with E-state index < -0.39 is 11.6 Å². The molecule has 1 aromatic carbocycles. The smallest absolute Gasteiger partial charge is 0.303 e. The van der Waals surface area contributed by atoms with Crippen LogP contribution < -0.4 is 9.47 Å². The number of hydrogen-bond acceptors (Lipinski definition) is 3. The number of carbonyl (C=O) groups is 1. The van der Waals surface area contributed by atoms with Crippen molar-refractivity contribution in [2.24, 2.45) is 5.92 Å². The number of fused-ring (bicyclic) bond motifs is 1. The zero-order valence-corrected chi connectivity index (χ0v) is 13.6. The van der Waals surface area contributed by atoms with E-state index in [0.717, 1.165) is 24.8 Å². The predicted molar refractivity (Wildman–Crippen MR) is 83.9 cm³/mol. The van der Waals surface area contributed by atoms with Crippen molar-refractivity contribution in [1.82, 2.24) is 0 Å². The average Bonchev–Trinajstić information content (AvgIpc) is 3.29. The molecule has 0 saturated heterocycles. The highest BCUT2D eigenvalue weighted by molar-refractivity contribution is 5.68. The number of alkyl halides is 1. The molecule has 1 unspecified atom stereocenters. The van der Waals surface area contributed by atoms with Crippen LogP contribution in [0.3, 0.4) is 0 Å². The second kappa shape index (κ2) is 6.02. The molecule has 5 heteroatoms. The summed E-state index contributed by atoms with van der Waals surface area (Å²) in [5.41, 5.74) is -0.294. The minimum absolute atomic E-state index is 0.0212. The maximum atomic E-state index is 14.8. The average molecular weight is 322 g/mol. The van der Waals surface area contributed by atoms with Gasteiger partial charge in [0.05, 0.1) is 19.6 Å². The fourth-order valence-corrected chi connectivity index (χ4v) is 3.26. The molecule has 1 saturated carbocycles. The summed E-state index contributed by atoms with van der Waals surface area (Å²) in [6.45, 7) is 4.10. The van der Waals surface area contributed by atoms with Crippen molar-refractivity contribution in [3.05, 3.63) is 23.3 Å². The summed E-state index contributed by atoms with van der Waals surface area (Å²) < 4.78 is 26.2. The van der Waals surface area contributed by atoms with Crippen molar-refractivity contribution in [2.45, 2.75) is 51.1 Å². The van der Waals surface area contributed by atoms with E-state index in [-0.39, 0.29) is 12.3 Å². The first-order chi connectivity index (χ1) is 10.9. The fraction of sp³-hybridized carbons (Fsp3) is 0.611. The number of rotatable bonds is 5. The maximum absolute atomic E-state index is 14.8. The molecule has 0 radical (unpaired) electrons. The largest absolute Gasteiger partial charge is 0.490 e. The van der Waals surface area contributed by atoms with Crippen LogP contribution in [0.2, 0.25) is 0 Å². The summed E-state index contributed by atoms with van der Waals surface area (Å²) in [5.74, 6) is 0.446. The summed E-state index contributed by atoms with van der Waals surface area (Å²) >= 11 is 0. The second-order valence-corrected chi connectivity index (χ2v) is 6.95. The van der Waals surface area contributed by atoms with Crippen molar-refractivity contribution in [1.29, 1.82) is 0 Å². The number of halogens is 1. The van der Waals surface area contributed by atoms with E-state index >= 15 is 0 Å². The van der Waals surface area contributed by atoms with E-state index in [1.165, 1.54) is 13.8 Å². The van der Waals surface area contributed by atoms with Gasteiger partial charge in [0, 0.05) is 6.42 Å². The van der Waals surface area contributed by atoms with Crippen molar-refractivity contribution in [2.75, 3.05) is 13.2 Å². The lowest BCUT2D eigenvalue weighted by Crippen LogP contribution is -2.18. The molecule has 1 aliphatic heterocycles.